The first-order chi connectivity index (χ1) is 13.0. The molecule has 0 bridgehead atoms. The Morgan fingerprint density at radius 2 is 1.96 bits per heavy atom. The minimum atomic E-state index is -0.305. The Hall–Kier alpha value is -1.79. The summed E-state index contributed by atoms with van der Waals surface area (Å²) in [6.07, 6.45) is 0. The Bertz CT molecular complexity index is 808. The van der Waals surface area contributed by atoms with Crippen molar-refractivity contribution in [2.24, 2.45) is 0 Å². The highest BCUT2D eigenvalue weighted by Crippen LogP contribution is 2.27. The summed E-state index contributed by atoms with van der Waals surface area (Å²) in [7, 11) is 0. The standard InChI is InChI=1S/C20H23Cl2N3O2/c1-14-2-4-18(17(22)12-14)24-20(26)16-13-15(21)3-5-19(16)27-11-10-25-8-6-23-7-9-25/h2-5,12-13,23H,6-11H2,1H3,(H,24,26). The summed E-state index contributed by atoms with van der Waals surface area (Å²) in [5, 5.41) is 7.12. The summed E-state index contributed by atoms with van der Waals surface area (Å²) in [5.41, 5.74) is 1.97. The van der Waals surface area contributed by atoms with Crippen LogP contribution < -0.4 is 15.4 Å². The maximum atomic E-state index is 12.8. The number of hydrogen-bond donors (Lipinski definition) is 2. The van der Waals surface area contributed by atoms with Crippen LogP contribution in [-0.4, -0.2) is 50.1 Å². The fraction of sp³-hybridized carbons (Fsp3) is 0.350. The second-order valence-corrected chi connectivity index (χ2v) is 7.36. The monoisotopic (exact) mass is 407 g/mol. The fourth-order valence-corrected chi connectivity index (χ4v) is 3.39. The van der Waals surface area contributed by atoms with Crippen LogP contribution in [0.4, 0.5) is 5.69 Å². The van der Waals surface area contributed by atoms with E-state index in [1.165, 1.54) is 0 Å². The summed E-state index contributed by atoms with van der Waals surface area (Å²) in [4.78, 5) is 15.1. The Balaban J connectivity index is 1.68. The lowest BCUT2D eigenvalue weighted by molar-refractivity contribution is 0.102. The zero-order chi connectivity index (χ0) is 19.2. The van der Waals surface area contributed by atoms with Crippen LogP contribution in [0.5, 0.6) is 5.75 Å². The van der Waals surface area contributed by atoms with Crippen LogP contribution in [0.3, 0.4) is 0 Å². The van der Waals surface area contributed by atoms with Gasteiger partial charge in [0.15, 0.2) is 0 Å². The highest BCUT2D eigenvalue weighted by Gasteiger charge is 2.16. The van der Waals surface area contributed by atoms with E-state index in [1.807, 2.05) is 13.0 Å². The van der Waals surface area contributed by atoms with Crippen LogP contribution in [0.25, 0.3) is 0 Å². The van der Waals surface area contributed by atoms with E-state index in [-0.39, 0.29) is 5.91 Å². The number of piperazine rings is 1. The van der Waals surface area contributed by atoms with Gasteiger partial charge in [-0.3, -0.25) is 9.69 Å². The molecule has 144 valence electrons. The maximum absolute atomic E-state index is 12.8. The Morgan fingerprint density at radius 1 is 1.19 bits per heavy atom. The van der Waals surface area contributed by atoms with E-state index in [9.17, 15) is 4.79 Å². The van der Waals surface area contributed by atoms with E-state index < -0.39 is 0 Å². The summed E-state index contributed by atoms with van der Waals surface area (Å²) >= 11 is 12.3. The minimum absolute atomic E-state index is 0.305. The van der Waals surface area contributed by atoms with Crippen LogP contribution in [0.15, 0.2) is 36.4 Å². The molecular formula is C20H23Cl2N3O2. The molecule has 1 amide bonds. The molecule has 2 aromatic rings. The lowest BCUT2D eigenvalue weighted by Crippen LogP contribution is -2.44. The minimum Gasteiger partial charge on any atom is -0.491 e. The van der Waals surface area contributed by atoms with Gasteiger partial charge in [-0.25, -0.2) is 0 Å². The molecule has 2 aromatic carbocycles. The molecule has 1 saturated heterocycles. The van der Waals surface area contributed by atoms with Gasteiger partial charge in [-0.05, 0) is 42.8 Å². The molecule has 0 aromatic heterocycles. The first-order valence-electron chi connectivity index (χ1n) is 8.96. The van der Waals surface area contributed by atoms with E-state index in [0.717, 1.165) is 38.3 Å². The van der Waals surface area contributed by atoms with Crippen LogP contribution in [0.1, 0.15) is 15.9 Å². The van der Waals surface area contributed by atoms with Crippen molar-refractivity contribution >= 4 is 34.8 Å². The first kappa shape index (κ1) is 20.0. The van der Waals surface area contributed by atoms with Crippen molar-refractivity contribution in [3.05, 3.63) is 57.6 Å². The van der Waals surface area contributed by atoms with Crippen molar-refractivity contribution in [1.29, 1.82) is 0 Å². The number of aryl methyl sites for hydroxylation is 1. The third-order valence-corrected chi connectivity index (χ3v) is 4.98. The molecule has 0 atom stereocenters. The maximum Gasteiger partial charge on any atom is 0.259 e. The highest BCUT2D eigenvalue weighted by atomic mass is 35.5. The third-order valence-electron chi connectivity index (χ3n) is 4.43. The predicted octanol–water partition coefficient (Wildman–Crippen LogP) is 3.84. The number of nitrogens with one attached hydrogen (secondary N) is 2. The van der Waals surface area contributed by atoms with Crippen LogP contribution in [0.2, 0.25) is 10.0 Å². The molecule has 0 saturated carbocycles. The number of benzene rings is 2. The molecule has 0 unspecified atom stereocenters. The summed E-state index contributed by atoms with van der Waals surface area (Å²) in [5.74, 6) is 0.204. The van der Waals surface area contributed by atoms with Gasteiger partial charge in [0.2, 0.25) is 0 Å². The second kappa shape index (κ2) is 9.42. The summed E-state index contributed by atoms with van der Waals surface area (Å²) in [6, 6.07) is 10.5. The Labute approximate surface area is 169 Å². The molecule has 27 heavy (non-hydrogen) atoms. The quantitative estimate of drug-likeness (QED) is 0.763. The molecule has 3 rings (SSSR count). The van der Waals surface area contributed by atoms with Crippen molar-refractivity contribution in [2.45, 2.75) is 6.92 Å². The predicted molar refractivity (Wildman–Crippen MR) is 110 cm³/mol. The zero-order valence-electron chi connectivity index (χ0n) is 15.2. The van der Waals surface area contributed by atoms with E-state index in [2.05, 4.69) is 15.5 Å². The number of anilines is 1. The van der Waals surface area contributed by atoms with Crippen molar-refractivity contribution < 1.29 is 9.53 Å². The molecule has 0 spiro atoms. The van der Waals surface area contributed by atoms with E-state index in [0.29, 0.717) is 33.7 Å². The summed E-state index contributed by atoms with van der Waals surface area (Å²) < 4.78 is 5.89. The first-order valence-corrected chi connectivity index (χ1v) is 9.71. The molecule has 0 radical (unpaired) electrons. The zero-order valence-corrected chi connectivity index (χ0v) is 16.7. The number of hydrogen-bond acceptors (Lipinski definition) is 4. The van der Waals surface area contributed by atoms with Gasteiger partial charge < -0.3 is 15.4 Å². The smallest absolute Gasteiger partial charge is 0.259 e. The number of ether oxygens (including phenoxy) is 1. The van der Waals surface area contributed by atoms with Gasteiger partial charge in [0, 0.05) is 37.7 Å². The Kier molecular flexibility index (Phi) is 6.96. The van der Waals surface area contributed by atoms with Gasteiger partial charge in [0.05, 0.1) is 16.3 Å². The van der Waals surface area contributed by atoms with E-state index >= 15 is 0 Å². The lowest BCUT2D eigenvalue weighted by atomic mass is 10.1. The van der Waals surface area contributed by atoms with Crippen molar-refractivity contribution in [1.82, 2.24) is 10.2 Å². The molecular weight excluding hydrogens is 385 g/mol. The van der Waals surface area contributed by atoms with Gasteiger partial charge in [-0.15, -0.1) is 0 Å². The molecule has 7 heteroatoms. The second-order valence-electron chi connectivity index (χ2n) is 6.52. The average Bonchev–Trinajstić information content (AvgIpc) is 2.66. The average molecular weight is 408 g/mol. The van der Waals surface area contributed by atoms with Gasteiger partial charge in [0.25, 0.3) is 5.91 Å². The Morgan fingerprint density at radius 3 is 2.70 bits per heavy atom. The van der Waals surface area contributed by atoms with Gasteiger partial charge in [-0.1, -0.05) is 29.3 Å². The van der Waals surface area contributed by atoms with Gasteiger partial charge >= 0.3 is 0 Å². The normalized spacial score (nSPS) is 14.8. The number of rotatable bonds is 6. The van der Waals surface area contributed by atoms with Crippen molar-refractivity contribution in [2.75, 3.05) is 44.6 Å². The van der Waals surface area contributed by atoms with E-state index in [1.54, 1.807) is 30.3 Å². The van der Waals surface area contributed by atoms with Crippen LogP contribution >= 0.6 is 23.2 Å². The third kappa shape index (κ3) is 5.59. The number of amides is 1. The molecule has 1 aliphatic heterocycles. The summed E-state index contributed by atoms with van der Waals surface area (Å²) in [6.45, 7) is 7.26. The van der Waals surface area contributed by atoms with Crippen molar-refractivity contribution in [3.8, 4) is 5.75 Å². The molecule has 2 N–H and O–H groups in total. The van der Waals surface area contributed by atoms with Crippen LogP contribution in [-0.2, 0) is 0 Å². The molecule has 5 nitrogen and oxygen atoms in total. The van der Waals surface area contributed by atoms with E-state index in [4.69, 9.17) is 27.9 Å². The molecule has 1 fully saturated rings. The number of carbonyl (C=O) groups is 1. The fourth-order valence-electron chi connectivity index (χ4n) is 2.94. The van der Waals surface area contributed by atoms with Gasteiger partial charge in [-0.2, -0.15) is 0 Å². The number of nitrogens with zero attached hydrogens (tertiary/aromatic N) is 1. The lowest BCUT2D eigenvalue weighted by Gasteiger charge is -2.27. The largest absolute Gasteiger partial charge is 0.491 e. The molecule has 1 heterocycles. The SMILES string of the molecule is Cc1ccc(NC(=O)c2cc(Cl)ccc2OCCN2CCNCC2)c(Cl)c1. The highest BCUT2D eigenvalue weighted by molar-refractivity contribution is 6.34. The van der Waals surface area contributed by atoms with Gasteiger partial charge in [0.1, 0.15) is 12.4 Å². The molecule has 1 aliphatic rings. The number of halogens is 2. The van der Waals surface area contributed by atoms with Crippen LogP contribution in [0, 0.1) is 6.92 Å². The molecule has 0 aliphatic carbocycles. The van der Waals surface area contributed by atoms with Crippen molar-refractivity contribution in [3.63, 3.8) is 0 Å². The number of carbonyl (C=O) groups excluding carboxylic acids is 1. The topological polar surface area (TPSA) is 53.6 Å².